The molecule has 8 nitrogen and oxygen atoms in total. The van der Waals surface area contributed by atoms with Crippen LogP contribution in [0.15, 0.2) is 60.3 Å². The van der Waals surface area contributed by atoms with Crippen molar-refractivity contribution in [3.63, 3.8) is 0 Å². The lowest BCUT2D eigenvalue weighted by Crippen LogP contribution is -2.18. The van der Waals surface area contributed by atoms with E-state index in [4.69, 9.17) is 27.9 Å². The van der Waals surface area contributed by atoms with Gasteiger partial charge in [0.25, 0.3) is 0 Å². The molecule has 0 bridgehead atoms. The van der Waals surface area contributed by atoms with Gasteiger partial charge in [-0.1, -0.05) is 41.0 Å². The van der Waals surface area contributed by atoms with Crippen LogP contribution in [0.4, 0.5) is 11.4 Å². The molecule has 0 saturated carbocycles. The molecule has 0 spiro atoms. The van der Waals surface area contributed by atoms with Crippen LogP contribution in [0.5, 0.6) is 5.75 Å². The standard InChI is InChI=1S/C23H23Cl2N5O3S/c1-3-11-30-20(13-21(31)26-16-6-8-17(9-7-16)33-4-2)28-29-23(30)34-14-22(32)27-19-12-15(24)5-10-18(19)25/h3,5-10,12H,1,4,11,13-14H2,2H3,(H,26,31)(H,27,32). The molecule has 2 aromatic carbocycles. The van der Waals surface area contributed by atoms with Crippen molar-refractivity contribution in [2.45, 2.75) is 25.0 Å². The van der Waals surface area contributed by atoms with E-state index in [2.05, 4.69) is 27.4 Å². The van der Waals surface area contributed by atoms with E-state index in [1.54, 1.807) is 53.1 Å². The molecule has 0 aliphatic rings. The third-order valence-corrected chi connectivity index (χ3v) is 5.94. The fraction of sp³-hybridized carbons (Fsp3) is 0.217. The van der Waals surface area contributed by atoms with Crippen molar-refractivity contribution in [1.29, 1.82) is 0 Å². The van der Waals surface area contributed by atoms with E-state index in [0.29, 0.717) is 45.6 Å². The Hall–Kier alpha value is -3.01. The first-order chi connectivity index (χ1) is 16.4. The molecule has 0 aliphatic heterocycles. The van der Waals surface area contributed by atoms with Gasteiger partial charge in [-0.3, -0.25) is 9.59 Å². The number of carbonyl (C=O) groups excluding carboxylic acids is 2. The van der Waals surface area contributed by atoms with Crippen LogP contribution in [0.25, 0.3) is 0 Å². The lowest BCUT2D eigenvalue weighted by molar-refractivity contribution is -0.116. The average Bonchev–Trinajstić information content (AvgIpc) is 3.17. The highest BCUT2D eigenvalue weighted by Crippen LogP contribution is 2.26. The largest absolute Gasteiger partial charge is 0.494 e. The van der Waals surface area contributed by atoms with Crippen molar-refractivity contribution in [1.82, 2.24) is 14.8 Å². The second kappa shape index (κ2) is 12.5. The number of aromatic nitrogens is 3. The summed E-state index contributed by atoms with van der Waals surface area (Å²) in [5.41, 5.74) is 1.08. The smallest absolute Gasteiger partial charge is 0.234 e. The summed E-state index contributed by atoms with van der Waals surface area (Å²) in [6, 6.07) is 11.9. The Morgan fingerprint density at radius 2 is 1.88 bits per heavy atom. The Kier molecular flexibility index (Phi) is 9.38. The van der Waals surface area contributed by atoms with Gasteiger partial charge < -0.3 is 19.9 Å². The molecule has 3 rings (SSSR count). The quantitative estimate of drug-likeness (QED) is 0.270. The Balaban J connectivity index is 1.60. The zero-order chi connectivity index (χ0) is 24.5. The SMILES string of the molecule is C=CCn1c(CC(=O)Nc2ccc(OCC)cc2)nnc1SCC(=O)Nc1cc(Cl)ccc1Cl. The van der Waals surface area contributed by atoms with Crippen LogP contribution in [0.1, 0.15) is 12.7 Å². The fourth-order valence-electron chi connectivity index (χ4n) is 2.93. The minimum absolute atomic E-state index is 0.0128. The number of nitrogens with one attached hydrogen (secondary N) is 2. The van der Waals surface area contributed by atoms with Crippen molar-refractivity contribution in [2.75, 3.05) is 23.0 Å². The number of nitrogens with zero attached hydrogens (tertiary/aromatic N) is 3. The molecule has 11 heteroatoms. The number of allylic oxidation sites excluding steroid dienone is 1. The summed E-state index contributed by atoms with van der Waals surface area (Å²) in [6.45, 7) is 6.62. The minimum atomic E-state index is -0.280. The third kappa shape index (κ3) is 7.24. The van der Waals surface area contributed by atoms with Gasteiger partial charge in [-0.25, -0.2) is 0 Å². The predicted octanol–water partition coefficient (Wildman–Crippen LogP) is 5.08. The lowest BCUT2D eigenvalue weighted by atomic mass is 10.3. The molecule has 34 heavy (non-hydrogen) atoms. The molecule has 0 radical (unpaired) electrons. The molecule has 0 aliphatic carbocycles. The van der Waals surface area contributed by atoms with Crippen LogP contribution in [0.2, 0.25) is 10.0 Å². The second-order valence-electron chi connectivity index (χ2n) is 6.94. The predicted molar refractivity (Wildman–Crippen MR) is 136 cm³/mol. The molecule has 2 N–H and O–H groups in total. The highest BCUT2D eigenvalue weighted by atomic mass is 35.5. The number of anilines is 2. The fourth-order valence-corrected chi connectivity index (χ4v) is 4.03. The summed E-state index contributed by atoms with van der Waals surface area (Å²) in [5.74, 6) is 0.735. The average molecular weight is 520 g/mol. The summed E-state index contributed by atoms with van der Waals surface area (Å²) < 4.78 is 7.15. The van der Waals surface area contributed by atoms with E-state index in [-0.39, 0.29) is 24.0 Å². The van der Waals surface area contributed by atoms with Gasteiger partial charge in [0.1, 0.15) is 11.6 Å². The summed E-state index contributed by atoms with van der Waals surface area (Å²) in [5, 5.41) is 15.2. The molecule has 1 heterocycles. The zero-order valence-corrected chi connectivity index (χ0v) is 20.7. The topological polar surface area (TPSA) is 98.1 Å². The minimum Gasteiger partial charge on any atom is -0.494 e. The van der Waals surface area contributed by atoms with Crippen LogP contribution in [0, 0.1) is 0 Å². The first-order valence-electron chi connectivity index (χ1n) is 10.3. The Labute approximate surface area is 211 Å². The van der Waals surface area contributed by atoms with E-state index in [9.17, 15) is 9.59 Å². The normalized spacial score (nSPS) is 10.6. The number of rotatable bonds is 11. The van der Waals surface area contributed by atoms with Gasteiger partial charge in [-0.2, -0.15) is 0 Å². The van der Waals surface area contributed by atoms with E-state index in [1.165, 1.54) is 11.8 Å². The molecule has 178 valence electrons. The van der Waals surface area contributed by atoms with Crippen LogP contribution in [-0.4, -0.2) is 38.9 Å². The molecule has 3 aromatic rings. The summed E-state index contributed by atoms with van der Waals surface area (Å²) >= 11 is 13.2. The van der Waals surface area contributed by atoms with Gasteiger partial charge in [-0.15, -0.1) is 16.8 Å². The number of hydrogen-bond acceptors (Lipinski definition) is 6. The van der Waals surface area contributed by atoms with Crippen molar-refractivity contribution >= 4 is 58.2 Å². The molecule has 2 amide bonds. The molecular weight excluding hydrogens is 497 g/mol. The van der Waals surface area contributed by atoms with Gasteiger partial charge in [0.05, 0.1) is 29.5 Å². The molecule has 0 atom stereocenters. The molecule has 1 aromatic heterocycles. The second-order valence-corrected chi connectivity index (χ2v) is 8.73. The van der Waals surface area contributed by atoms with E-state index >= 15 is 0 Å². The highest BCUT2D eigenvalue weighted by Gasteiger charge is 2.17. The summed E-state index contributed by atoms with van der Waals surface area (Å²) in [4.78, 5) is 24.9. The lowest BCUT2D eigenvalue weighted by Gasteiger charge is -2.10. The Morgan fingerprint density at radius 3 is 2.59 bits per heavy atom. The van der Waals surface area contributed by atoms with Gasteiger partial charge in [0, 0.05) is 17.3 Å². The van der Waals surface area contributed by atoms with Crippen molar-refractivity contribution in [2.24, 2.45) is 0 Å². The molecular formula is C23H23Cl2N5O3S. The van der Waals surface area contributed by atoms with Gasteiger partial charge in [-0.05, 0) is 49.4 Å². The highest BCUT2D eigenvalue weighted by molar-refractivity contribution is 7.99. The van der Waals surface area contributed by atoms with Crippen molar-refractivity contribution < 1.29 is 14.3 Å². The number of carbonyl (C=O) groups is 2. The number of ether oxygens (including phenoxy) is 1. The number of halogens is 2. The summed E-state index contributed by atoms with van der Waals surface area (Å²) in [6.07, 6.45) is 1.69. The Bertz CT molecular complexity index is 1170. The maximum absolute atomic E-state index is 12.5. The van der Waals surface area contributed by atoms with Gasteiger partial charge in [0.15, 0.2) is 5.16 Å². The third-order valence-electron chi connectivity index (χ3n) is 4.41. The van der Waals surface area contributed by atoms with Gasteiger partial charge >= 0.3 is 0 Å². The van der Waals surface area contributed by atoms with Crippen LogP contribution in [0.3, 0.4) is 0 Å². The van der Waals surface area contributed by atoms with E-state index < -0.39 is 0 Å². The maximum atomic E-state index is 12.5. The van der Waals surface area contributed by atoms with E-state index in [0.717, 1.165) is 5.75 Å². The van der Waals surface area contributed by atoms with Gasteiger partial charge in [0.2, 0.25) is 11.8 Å². The van der Waals surface area contributed by atoms with Crippen LogP contribution < -0.4 is 15.4 Å². The monoisotopic (exact) mass is 519 g/mol. The first kappa shape index (κ1) is 25.6. The maximum Gasteiger partial charge on any atom is 0.234 e. The van der Waals surface area contributed by atoms with Crippen LogP contribution in [-0.2, 0) is 22.6 Å². The van der Waals surface area contributed by atoms with Crippen molar-refractivity contribution in [3.8, 4) is 5.75 Å². The van der Waals surface area contributed by atoms with E-state index in [1.807, 2.05) is 6.92 Å². The summed E-state index contributed by atoms with van der Waals surface area (Å²) in [7, 11) is 0. The first-order valence-corrected chi connectivity index (χ1v) is 12.1. The van der Waals surface area contributed by atoms with Crippen molar-refractivity contribution in [3.05, 3.63) is 71.0 Å². The number of thioether (sulfide) groups is 1. The molecule has 0 fully saturated rings. The number of benzene rings is 2. The Morgan fingerprint density at radius 1 is 1.12 bits per heavy atom. The van der Waals surface area contributed by atoms with Crippen LogP contribution >= 0.6 is 35.0 Å². The zero-order valence-electron chi connectivity index (χ0n) is 18.4. The molecule has 0 saturated heterocycles. The number of hydrogen-bond donors (Lipinski definition) is 2. The molecule has 0 unspecified atom stereocenters. The number of amides is 2.